The molecule has 2 aliphatic carbocycles. The van der Waals surface area contributed by atoms with E-state index in [4.69, 9.17) is 4.74 Å². The molecule has 2 aromatic carbocycles. The number of carbonyl (C=O) groups excluding carboxylic acids is 2. The van der Waals surface area contributed by atoms with Gasteiger partial charge in [0.15, 0.2) is 0 Å². The van der Waals surface area contributed by atoms with Gasteiger partial charge in [-0.2, -0.15) is 0 Å². The summed E-state index contributed by atoms with van der Waals surface area (Å²) < 4.78 is 5.76. The highest BCUT2D eigenvalue weighted by molar-refractivity contribution is 5.91. The average molecular weight is 477 g/mol. The molecule has 3 aliphatic rings. The van der Waals surface area contributed by atoms with Crippen molar-refractivity contribution in [2.24, 2.45) is 11.8 Å². The largest absolute Gasteiger partial charge is 0.481 e. The Kier molecular flexibility index (Phi) is 6.50. The molecule has 35 heavy (non-hydrogen) atoms. The van der Waals surface area contributed by atoms with Crippen LogP contribution in [0.15, 0.2) is 54.6 Å². The summed E-state index contributed by atoms with van der Waals surface area (Å²) in [4.78, 5) is 42.1. The third-order valence-corrected chi connectivity index (χ3v) is 7.62. The number of benzene rings is 2. The molecule has 7 heteroatoms. The first-order chi connectivity index (χ1) is 17.0. The third kappa shape index (κ3) is 4.64. The SMILES string of the molecule is CC(CC(=O)N(C1CC1)[C@H]1c2ccccc2N(C(=O)OCc2ccccc2)[C@H]2CCC[C@H]21)C(=O)O. The van der Waals surface area contributed by atoms with Crippen molar-refractivity contribution in [3.05, 3.63) is 65.7 Å². The summed E-state index contributed by atoms with van der Waals surface area (Å²) in [5.74, 6) is -1.69. The van der Waals surface area contributed by atoms with E-state index in [9.17, 15) is 19.5 Å². The molecule has 0 saturated heterocycles. The van der Waals surface area contributed by atoms with E-state index in [0.717, 1.165) is 48.9 Å². The molecule has 4 atom stereocenters. The Balaban J connectivity index is 1.46. The highest BCUT2D eigenvalue weighted by Crippen LogP contribution is 2.52. The van der Waals surface area contributed by atoms with Crippen LogP contribution in [0.25, 0.3) is 0 Å². The summed E-state index contributed by atoms with van der Waals surface area (Å²) in [6.07, 6.45) is 4.25. The molecule has 2 amide bonds. The van der Waals surface area contributed by atoms with E-state index in [-0.39, 0.29) is 49.1 Å². The van der Waals surface area contributed by atoms with Crippen molar-refractivity contribution in [1.82, 2.24) is 4.90 Å². The number of para-hydroxylation sites is 1. The van der Waals surface area contributed by atoms with E-state index >= 15 is 0 Å². The lowest BCUT2D eigenvalue weighted by atomic mass is 9.81. The molecule has 0 radical (unpaired) electrons. The van der Waals surface area contributed by atoms with Gasteiger partial charge in [-0.25, -0.2) is 4.79 Å². The average Bonchev–Trinajstić information content (AvgIpc) is 3.58. The van der Waals surface area contributed by atoms with E-state index in [2.05, 4.69) is 0 Å². The quantitative estimate of drug-likeness (QED) is 0.597. The molecule has 1 aliphatic heterocycles. The molecule has 1 heterocycles. The van der Waals surface area contributed by atoms with Gasteiger partial charge in [0.05, 0.1) is 17.6 Å². The van der Waals surface area contributed by atoms with Gasteiger partial charge in [0.2, 0.25) is 5.91 Å². The summed E-state index contributed by atoms with van der Waals surface area (Å²) in [6, 6.07) is 17.4. The van der Waals surface area contributed by atoms with Crippen LogP contribution in [0.4, 0.5) is 10.5 Å². The zero-order valence-electron chi connectivity index (χ0n) is 20.0. The van der Waals surface area contributed by atoms with Crippen molar-refractivity contribution in [2.45, 2.75) is 70.2 Å². The second-order valence-electron chi connectivity index (χ2n) is 10.1. The predicted molar refractivity (Wildman–Crippen MR) is 131 cm³/mol. The fraction of sp³-hybridized carbons (Fsp3) is 0.464. The lowest BCUT2D eigenvalue weighted by molar-refractivity contribution is -0.147. The number of ether oxygens (including phenoxy) is 1. The third-order valence-electron chi connectivity index (χ3n) is 7.62. The highest BCUT2D eigenvalue weighted by Gasteiger charge is 2.51. The van der Waals surface area contributed by atoms with Gasteiger partial charge in [-0.1, -0.05) is 61.9 Å². The monoisotopic (exact) mass is 476 g/mol. The van der Waals surface area contributed by atoms with E-state index in [1.807, 2.05) is 64.4 Å². The zero-order chi connectivity index (χ0) is 24.5. The van der Waals surface area contributed by atoms with Crippen molar-refractivity contribution in [3.8, 4) is 0 Å². The second-order valence-corrected chi connectivity index (χ2v) is 10.1. The topological polar surface area (TPSA) is 87.2 Å². The van der Waals surface area contributed by atoms with Crippen LogP contribution < -0.4 is 4.90 Å². The van der Waals surface area contributed by atoms with Crippen LogP contribution in [0.2, 0.25) is 0 Å². The Labute approximate surface area is 205 Å². The Morgan fingerprint density at radius 2 is 1.74 bits per heavy atom. The fourth-order valence-electron chi connectivity index (χ4n) is 5.80. The maximum Gasteiger partial charge on any atom is 0.414 e. The predicted octanol–water partition coefficient (Wildman–Crippen LogP) is 5.16. The zero-order valence-corrected chi connectivity index (χ0v) is 20.0. The maximum absolute atomic E-state index is 13.5. The van der Waals surface area contributed by atoms with E-state index in [1.165, 1.54) is 0 Å². The van der Waals surface area contributed by atoms with Crippen LogP contribution in [0.1, 0.15) is 62.6 Å². The van der Waals surface area contributed by atoms with Gasteiger partial charge in [-0.15, -0.1) is 0 Å². The maximum atomic E-state index is 13.5. The Morgan fingerprint density at radius 1 is 1.03 bits per heavy atom. The molecule has 5 rings (SSSR count). The summed E-state index contributed by atoms with van der Waals surface area (Å²) in [6.45, 7) is 1.79. The minimum Gasteiger partial charge on any atom is -0.481 e. The van der Waals surface area contributed by atoms with Crippen LogP contribution in [0.3, 0.4) is 0 Å². The second kappa shape index (κ2) is 9.72. The van der Waals surface area contributed by atoms with Crippen molar-refractivity contribution in [3.63, 3.8) is 0 Å². The van der Waals surface area contributed by atoms with E-state index < -0.39 is 11.9 Å². The molecule has 7 nitrogen and oxygen atoms in total. The Bertz CT molecular complexity index is 1100. The minimum absolute atomic E-state index is 0.00921. The number of nitrogens with zero attached hydrogens (tertiary/aromatic N) is 2. The number of carbonyl (C=O) groups is 3. The van der Waals surface area contributed by atoms with Gasteiger partial charge in [0.1, 0.15) is 6.61 Å². The molecule has 2 fully saturated rings. The van der Waals surface area contributed by atoms with Crippen molar-refractivity contribution in [2.75, 3.05) is 4.90 Å². The molecule has 184 valence electrons. The van der Waals surface area contributed by atoms with Crippen LogP contribution >= 0.6 is 0 Å². The van der Waals surface area contributed by atoms with Crippen LogP contribution in [-0.2, 0) is 20.9 Å². The number of rotatable bonds is 7. The van der Waals surface area contributed by atoms with E-state index in [1.54, 1.807) is 6.92 Å². The first kappa shape index (κ1) is 23.4. The number of carboxylic acids is 1. The van der Waals surface area contributed by atoms with Crippen LogP contribution in [0.5, 0.6) is 0 Å². The van der Waals surface area contributed by atoms with Crippen molar-refractivity contribution < 1.29 is 24.2 Å². The Morgan fingerprint density at radius 3 is 2.46 bits per heavy atom. The van der Waals surface area contributed by atoms with Crippen LogP contribution in [-0.4, -0.2) is 40.1 Å². The van der Waals surface area contributed by atoms with Gasteiger partial charge < -0.3 is 14.7 Å². The Hall–Kier alpha value is -3.35. The highest BCUT2D eigenvalue weighted by atomic mass is 16.6. The summed E-state index contributed by atoms with van der Waals surface area (Å²) >= 11 is 0. The number of aliphatic carboxylic acids is 1. The smallest absolute Gasteiger partial charge is 0.414 e. The van der Waals surface area contributed by atoms with Gasteiger partial charge in [0, 0.05) is 24.4 Å². The van der Waals surface area contributed by atoms with Crippen molar-refractivity contribution >= 4 is 23.7 Å². The molecule has 0 bridgehead atoms. The lowest BCUT2D eigenvalue weighted by Crippen LogP contribution is -2.53. The summed E-state index contributed by atoms with van der Waals surface area (Å²) in [5, 5.41) is 9.39. The number of hydrogen-bond donors (Lipinski definition) is 1. The summed E-state index contributed by atoms with van der Waals surface area (Å²) in [7, 11) is 0. The molecule has 0 aromatic heterocycles. The molecule has 2 aromatic rings. The fourth-order valence-corrected chi connectivity index (χ4v) is 5.80. The normalized spacial score (nSPS) is 23.7. The molecule has 2 saturated carbocycles. The lowest BCUT2D eigenvalue weighted by Gasteiger charge is -2.47. The molecule has 1 unspecified atom stereocenters. The number of amides is 2. The van der Waals surface area contributed by atoms with Crippen molar-refractivity contribution in [1.29, 1.82) is 0 Å². The molecular formula is C28H32N2O5. The van der Waals surface area contributed by atoms with Gasteiger partial charge in [0.25, 0.3) is 0 Å². The molecule has 0 spiro atoms. The number of hydrogen-bond acceptors (Lipinski definition) is 4. The minimum atomic E-state index is -0.954. The van der Waals surface area contributed by atoms with Gasteiger partial charge in [-0.3, -0.25) is 14.5 Å². The van der Waals surface area contributed by atoms with Gasteiger partial charge >= 0.3 is 12.1 Å². The summed E-state index contributed by atoms with van der Waals surface area (Å²) in [5.41, 5.74) is 2.68. The molecular weight excluding hydrogens is 444 g/mol. The van der Waals surface area contributed by atoms with Gasteiger partial charge in [-0.05, 0) is 42.9 Å². The van der Waals surface area contributed by atoms with Crippen LogP contribution in [0, 0.1) is 11.8 Å². The number of anilines is 1. The standard InChI is InChI=1S/C28H32N2O5/c1-18(27(32)33)16-25(31)29(20-14-15-20)26-21-10-5-6-12-23(21)30(24-13-7-11-22(24)26)28(34)35-17-19-8-3-2-4-9-19/h2-6,8-10,12,18,20,22,24,26H,7,11,13-17H2,1H3,(H,32,33)/t18?,22-,24+,26+/m1/s1. The molecule has 1 N–H and O–H groups in total. The number of carboxylic acid groups (broad SMARTS) is 1. The first-order valence-corrected chi connectivity index (χ1v) is 12.6. The van der Waals surface area contributed by atoms with E-state index in [0.29, 0.717) is 0 Å². The number of fused-ring (bicyclic) bond motifs is 2. The first-order valence-electron chi connectivity index (χ1n) is 12.6.